The van der Waals surface area contributed by atoms with Gasteiger partial charge in [0.25, 0.3) is 11.8 Å². The second-order valence-electron chi connectivity index (χ2n) is 6.69. The van der Waals surface area contributed by atoms with Crippen molar-refractivity contribution in [3.8, 4) is 0 Å². The molecule has 2 N–H and O–H groups in total. The second kappa shape index (κ2) is 9.67. The van der Waals surface area contributed by atoms with Gasteiger partial charge in [0.1, 0.15) is 11.4 Å². The molecule has 2 amide bonds. The average molecular weight is 363 g/mol. The van der Waals surface area contributed by atoms with E-state index in [1.54, 1.807) is 18.2 Å². The molecular weight excluding hydrogens is 338 g/mol. The van der Waals surface area contributed by atoms with E-state index in [0.717, 1.165) is 24.8 Å². The highest BCUT2D eigenvalue weighted by atomic mass is 16.2. The Labute approximate surface area is 159 Å². The number of nitrogens with one attached hydrogen (secondary N) is 2. The first-order chi connectivity index (χ1) is 13.2. The molecule has 1 heterocycles. The van der Waals surface area contributed by atoms with E-state index in [-0.39, 0.29) is 23.2 Å². The van der Waals surface area contributed by atoms with E-state index in [2.05, 4.69) is 21.7 Å². The third-order valence-corrected chi connectivity index (χ3v) is 4.63. The number of allylic oxidation sites excluding steroid dienone is 1. The maximum absolute atomic E-state index is 12.3. The number of hydrogen-bond donors (Lipinski definition) is 2. The number of rotatable bonds is 7. The van der Waals surface area contributed by atoms with Crippen LogP contribution in [-0.4, -0.2) is 23.3 Å². The fraction of sp³-hybridized carbons (Fsp3) is 0.318. The molecule has 0 fully saturated rings. The van der Waals surface area contributed by atoms with Crippen LogP contribution in [0, 0.1) is 0 Å². The Bertz CT molecular complexity index is 815. The quantitative estimate of drug-likeness (QED) is 0.738. The van der Waals surface area contributed by atoms with Crippen LogP contribution < -0.4 is 10.6 Å². The van der Waals surface area contributed by atoms with Gasteiger partial charge in [-0.15, -0.1) is 0 Å². The highest BCUT2D eigenvalue weighted by Crippen LogP contribution is 2.19. The first kappa shape index (κ1) is 18.8. The summed E-state index contributed by atoms with van der Waals surface area (Å²) >= 11 is 0. The van der Waals surface area contributed by atoms with Crippen LogP contribution in [-0.2, 0) is 6.54 Å². The maximum atomic E-state index is 12.3. The summed E-state index contributed by atoms with van der Waals surface area (Å²) in [5.74, 6) is -0.537. The van der Waals surface area contributed by atoms with Gasteiger partial charge in [-0.2, -0.15) is 0 Å². The van der Waals surface area contributed by atoms with Gasteiger partial charge in [0.05, 0.1) is 0 Å². The first-order valence-electron chi connectivity index (χ1n) is 9.47. The molecule has 27 heavy (non-hydrogen) atoms. The molecule has 0 radical (unpaired) electrons. The van der Waals surface area contributed by atoms with Gasteiger partial charge < -0.3 is 10.6 Å². The van der Waals surface area contributed by atoms with E-state index in [4.69, 9.17) is 0 Å². The van der Waals surface area contributed by atoms with Crippen molar-refractivity contribution < 1.29 is 9.59 Å². The van der Waals surface area contributed by atoms with Gasteiger partial charge in [-0.1, -0.05) is 48.0 Å². The van der Waals surface area contributed by atoms with E-state index in [0.29, 0.717) is 13.1 Å². The van der Waals surface area contributed by atoms with Gasteiger partial charge >= 0.3 is 0 Å². The summed E-state index contributed by atoms with van der Waals surface area (Å²) in [7, 11) is 0. The van der Waals surface area contributed by atoms with Gasteiger partial charge in [-0.05, 0) is 49.8 Å². The molecule has 0 saturated carbocycles. The smallest absolute Gasteiger partial charge is 0.270 e. The Morgan fingerprint density at radius 1 is 0.889 bits per heavy atom. The van der Waals surface area contributed by atoms with Crippen molar-refractivity contribution in [2.75, 3.05) is 6.54 Å². The van der Waals surface area contributed by atoms with Crippen molar-refractivity contribution in [1.82, 2.24) is 15.6 Å². The lowest BCUT2D eigenvalue weighted by Gasteiger charge is -2.13. The molecule has 0 spiro atoms. The lowest BCUT2D eigenvalue weighted by Crippen LogP contribution is -2.28. The topological polar surface area (TPSA) is 71.1 Å². The molecule has 1 aromatic carbocycles. The number of aromatic nitrogens is 1. The minimum absolute atomic E-state index is 0.244. The number of benzene rings is 1. The number of amides is 2. The molecule has 5 nitrogen and oxygen atoms in total. The molecular formula is C22H25N3O2. The van der Waals surface area contributed by atoms with E-state index in [9.17, 15) is 9.59 Å². The van der Waals surface area contributed by atoms with Crippen molar-refractivity contribution in [3.63, 3.8) is 0 Å². The Balaban J connectivity index is 1.51. The Morgan fingerprint density at radius 2 is 1.63 bits per heavy atom. The van der Waals surface area contributed by atoms with Crippen molar-refractivity contribution >= 4 is 11.8 Å². The number of pyridine rings is 1. The molecule has 2 aromatic rings. The van der Waals surface area contributed by atoms with Crippen molar-refractivity contribution in [2.24, 2.45) is 0 Å². The van der Waals surface area contributed by atoms with E-state index < -0.39 is 0 Å². The molecule has 1 aliphatic carbocycles. The largest absolute Gasteiger partial charge is 0.350 e. The van der Waals surface area contributed by atoms with Crippen LogP contribution in [0.5, 0.6) is 0 Å². The summed E-state index contributed by atoms with van der Waals surface area (Å²) in [6, 6.07) is 14.6. The molecule has 0 aliphatic heterocycles. The Hall–Kier alpha value is -2.95. The van der Waals surface area contributed by atoms with Crippen LogP contribution >= 0.6 is 0 Å². The predicted octanol–water partition coefficient (Wildman–Crippen LogP) is 3.63. The molecule has 0 bridgehead atoms. The van der Waals surface area contributed by atoms with Crippen LogP contribution in [0.25, 0.3) is 0 Å². The van der Waals surface area contributed by atoms with Gasteiger partial charge in [0.15, 0.2) is 0 Å². The van der Waals surface area contributed by atoms with E-state index in [1.165, 1.54) is 18.4 Å². The van der Waals surface area contributed by atoms with Crippen molar-refractivity contribution in [2.45, 2.75) is 38.6 Å². The molecule has 3 rings (SSSR count). The zero-order valence-corrected chi connectivity index (χ0v) is 15.4. The highest BCUT2D eigenvalue weighted by Gasteiger charge is 2.12. The van der Waals surface area contributed by atoms with Crippen LogP contribution in [0.4, 0.5) is 0 Å². The fourth-order valence-corrected chi connectivity index (χ4v) is 3.12. The summed E-state index contributed by atoms with van der Waals surface area (Å²) in [6.07, 6.45) is 7.94. The zero-order valence-electron chi connectivity index (χ0n) is 15.4. The Morgan fingerprint density at radius 3 is 2.33 bits per heavy atom. The van der Waals surface area contributed by atoms with Gasteiger partial charge in [-0.25, -0.2) is 4.98 Å². The minimum Gasteiger partial charge on any atom is -0.350 e. The van der Waals surface area contributed by atoms with Gasteiger partial charge in [-0.3, -0.25) is 9.59 Å². The van der Waals surface area contributed by atoms with E-state index in [1.807, 2.05) is 30.3 Å². The monoisotopic (exact) mass is 363 g/mol. The number of carbonyl (C=O) groups excluding carboxylic acids is 2. The van der Waals surface area contributed by atoms with Crippen LogP contribution in [0.2, 0.25) is 0 Å². The lowest BCUT2D eigenvalue weighted by atomic mass is 9.97. The van der Waals surface area contributed by atoms with E-state index >= 15 is 0 Å². The van der Waals surface area contributed by atoms with Crippen LogP contribution in [0.3, 0.4) is 0 Å². The van der Waals surface area contributed by atoms with Crippen molar-refractivity contribution in [1.29, 1.82) is 0 Å². The Kier molecular flexibility index (Phi) is 6.74. The average Bonchev–Trinajstić information content (AvgIpc) is 2.73. The molecule has 0 unspecified atom stereocenters. The molecule has 5 heteroatoms. The number of hydrogen-bond acceptors (Lipinski definition) is 3. The van der Waals surface area contributed by atoms with Crippen molar-refractivity contribution in [3.05, 3.63) is 77.1 Å². The number of carbonyl (C=O) groups is 2. The van der Waals surface area contributed by atoms with Crippen LogP contribution in [0.15, 0.2) is 60.2 Å². The molecule has 1 aromatic heterocycles. The minimum atomic E-state index is -0.291. The molecule has 1 aliphatic rings. The predicted molar refractivity (Wildman–Crippen MR) is 105 cm³/mol. The third-order valence-electron chi connectivity index (χ3n) is 4.63. The fourth-order valence-electron chi connectivity index (χ4n) is 3.12. The molecule has 0 saturated heterocycles. The standard InChI is InChI=1S/C22H25N3O2/c26-21(23-15-14-17-8-3-1-4-9-17)19-12-7-13-20(25-19)22(27)24-16-18-10-5-2-6-11-18/h2,5-8,10-13H,1,3-4,9,14-16H2,(H,23,26)(H,24,27). The maximum Gasteiger partial charge on any atom is 0.270 e. The summed E-state index contributed by atoms with van der Waals surface area (Å²) in [5.41, 5.74) is 2.94. The molecule has 0 atom stereocenters. The summed E-state index contributed by atoms with van der Waals surface area (Å²) in [6.45, 7) is 1.02. The second-order valence-corrected chi connectivity index (χ2v) is 6.69. The normalized spacial score (nSPS) is 13.6. The zero-order chi connectivity index (χ0) is 18.9. The van der Waals surface area contributed by atoms with Gasteiger partial charge in [0, 0.05) is 13.1 Å². The highest BCUT2D eigenvalue weighted by molar-refractivity contribution is 5.96. The summed E-state index contributed by atoms with van der Waals surface area (Å²) < 4.78 is 0. The summed E-state index contributed by atoms with van der Waals surface area (Å²) in [4.78, 5) is 28.8. The number of nitrogens with zero attached hydrogens (tertiary/aromatic N) is 1. The summed E-state index contributed by atoms with van der Waals surface area (Å²) in [5, 5.41) is 5.72. The molecule has 140 valence electrons. The third kappa shape index (κ3) is 5.78. The van der Waals surface area contributed by atoms with Gasteiger partial charge in [0.2, 0.25) is 0 Å². The SMILES string of the molecule is O=C(NCCC1=CCCCC1)c1cccc(C(=O)NCc2ccccc2)n1. The lowest BCUT2D eigenvalue weighted by molar-refractivity contribution is 0.0943. The van der Waals surface area contributed by atoms with Crippen LogP contribution in [0.1, 0.15) is 58.6 Å². The first-order valence-corrected chi connectivity index (χ1v) is 9.47.